The molecule has 1 aliphatic heterocycles. The maximum absolute atomic E-state index is 14.0. The summed E-state index contributed by atoms with van der Waals surface area (Å²) in [7, 11) is -4.87. The van der Waals surface area contributed by atoms with E-state index in [4.69, 9.17) is 14.5 Å². The Bertz CT molecular complexity index is 714. The fourth-order valence-electron chi connectivity index (χ4n) is 1.89. The molecule has 0 aromatic carbocycles. The fourth-order valence-corrected chi connectivity index (χ4v) is 2.23. The van der Waals surface area contributed by atoms with Crippen molar-refractivity contribution in [1.29, 1.82) is 0 Å². The number of halogens is 2. The molecule has 4 N–H and O–H groups in total. The molecular weight excluding hydrogens is 333 g/mol. The third-order valence-electron chi connectivity index (χ3n) is 2.90. The second-order valence-electron chi connectivity index (χ2n) is 4.43. The summed E-state index contributed by atoms with van der Waals surface area (Å²) in [6.07, 6.45) is -6.99. The minimum Gasteiger partial charge on any atom is -0.387 e. The Morgan fingerprint density at radius 3 is 2.68 bits per heavy atom. The van der Waals surface area contributed by atoms with Gasteiger partial charge in [0.1, 0.15) is 12.2 Å². The van der Waals surface area contributed by atoms with Crippen LogP contribution in [0.5, 0.6) is 0 Å². The van der Waals surface area contributed by atoms with Crippen LogP contribution in [0.15, 0.2) is 15.8 Å². The lowest BCUT2D eigenvalue weighted by Crippen LogP contribution is -2.37. The largest absolute Gasteiger partial charge is 0.469 e. The first-order valence-corrected chi connectivity index (χ1v) is 7.32. The number of H-pyrrole nitrogens is 1. The number of hydrogen-bond acceptors (Lipinski definition) is 6. The normalized spacial score (nSPS) is 29.0. The summed E-state index contributed by atoms with van der Waals surface area (Å²) in [5.74, 6) is -1.38. The number of aliphatic hydroxyl groups excluding tert-OH is 1. The first-order chi connectivity index (χ1) is 10.1. The van der Waals surface area contributed by atoms with Crippen molar-refractivity contribution in [3.05, 3.63) is 32.9 Å². The van der Waals surface area contributed by atoms with Gasteiger partial charge in [-0.1, -0.05) is 0 Å². The van der Waals surface area contributed by atoms with Gasteiger partial charge < -0.3 is 19.6 Å². The number of aromatic amines is 1. The average Bonchev–Trinajstić information content (AvgIpc) is 2.68. The number of rotatable bonds is 4. The van der Waals surface area contributed by atoms with E-state index in [1.54, 1.807) is 4.98 Å². The van der Waals surface area contributed by atoms with Crippen LogP contribution in [-0.4, -0.2) is 49.4 Å². The second kappa shape index (κ2) is 5.99. The summed E-state index contributed by atoms with van der Waals surface area (Å²) in [6, 6.07) is 0. The Morgan fingerprint density at radius 2 is 2.09 bits per heavy atom. The van der Waals surface area contributed by atoms with Gasteiger partial charge in [0, 0.05) is 0 Å². The zero-order valence-corrected chi connectivity index (χ0v) is 11.5. The Labute approximate surface area is 120 Å². The van der Waals surface area contributed by atoms with Crippen LogP contribution in [0.2, 0.25) is 0 Å². The molecule has 1 aromatic heterocycles. The van der Waals surface area contributed by atoms with E-state index in [0.29, 0.717) is 10.8 Å². The number of alkyl halides is 1. The molecule has 1 aliphatic rings. The molecular formula is C9H11F2N2O8P. The summed E-state index contributed by atoms with van der Waals surface area (Å²) >= 11 is 0. The van der Waals surface area contributed by atoms with E-state index < -0.39 is 56.1 Å². The van der Waals surface area contributed by atoms with E-state index in [1.165, 1.54) is 0 Å². The smallest absolute Gasteiger partial charge is 0.387 e. The highest BCUT2D eigenvalue weighted by Gasteiger charge is 2.46. The molecule has 0 radical (unpaired) electrons. The number of aliphatic hydroxyl groups is 1. The first kappa shape index (κ1) is 16.9. The Balaban J connectivity index is 2.23. The molecule has 0 aliphatic carbocycles. The van der Waals surface area contributed by atoms with E-state index in [2.05, 4.69) is 4.52 Å². The summed E-state index contributed by atoms with van der Waals surface area (Å²) in [4.78, 5) is 41.1. The van der Waals surface area contributed by atoms with E-state index in [0.717, 1.165) is 0 Å². The summed E-state index contributed by atoms with van der Waals surface area (Å²) < 4.78 is 47.1. The summed E-state index contributed by atoms with van der Waals surface area (Å²) in [5, 5.41) is 9.59. The van der Waals surface area contributed by atoms with Gasteiger partial charge in [-0.2, -0.15) is 4.39 Å². The third-order valence-corrected chi connectivity index (χ3v) is 3.38. The van der Waals surface area contributed by atoms with Crippen molar-refractivity contribution in [1.82, 2.24) is 9.55 Å². The highest BCUT2D eigenvalue weighted by atomic mass is 31.2. The lowest BCUT2D eigenvalue weighted by Gasteiger charge is -2.16. The maximum Gasteiger partial charge on any atom is 0.469 e. The van der Waals surface area contributed by atoms with Crippen molar-refractivity contribution >= 4 is 7.82 Å². The van der Waals surface area contributed by atoms with E-state index in [1.807, 2.05) is 0 Å². The van der Waals surface area contributed by atoms with E-state index >= 15 is 0 Å². The number of nitrogens with zero attached hydrogens (tertiary/aromatic N) is 1. The van der Waals surface area contributed by atoms with Crippen molar-refractivity contribution < 1.29 is 37.5 Å². The quantitative estimate of drug-likeness (QED) is 0.476. The standard InChI is InChI=1S/C9H11F2N2O8P/c10-3-1-13(9(16)12-7(3)15)8-5(11)6(14)4(21-8)2-20-22(17,18)19/h1,4-6,8,14H,2H2,(H,12,15,16)(H2,17,18,19). The highest BCUT2D eigenvalue weighted by Crippen LogP contribution is 2.38. The number of ether oxygens (including phenoxy) is 1. The van der Waals surface area contributed by atoms with Crippen LogP contribution < -0.4 is 11.2 Å². The van der Waals surface area contributed by atoms with E-state index in [-0.39, 0.29) is 0 Å². The van der Waals surface area contributed by atoms with Gasteiger partial charge >= 0.3 is 13.5 Å². The van der Waals surface area contributed by atoms with Crippen molar-refractivity contribution in [3.8, 4) is 0 Å². The van der Waals surface area contributed by atoms with Crippen LogP contribution in [0, 0.1) is 5.82 Å². The fraction of sp³-hybridized carbons (Fsp3) is 0.556. The summed E-state index contributed by atoms with van der Waals surface area (Å²) in [6.45, 7) is -0.858. The Morgan fingerprint density at radius 1 is 1.45 bits per heavy atom. The second-order valence-corrected chi connectivity index (χ2v) is 5.67. The van der Waals surface area contributed by atoms with Crippen LogP contribution in [0.25, 0.3) is 0 Å². The molecule has 124 valence electrons. The molecule has 1 aromatic rings. The molecule has 22 heavy (non-hydrogen) atoms. The van der Waals surface area contributed by atoms with Gasteiger partial charge in [-0.3, -0.25) is 18.9 Å². The molecule has 0 bridgehead atoms. The van der Waals surface area contributed by atoms with Crippen molar-refractivity contribution in [2.45, 2.75) is 24.6 Å². The van der Waals surface area contributed by atoms with Crippen LogP contribution >= 0.6 is 7.82 Å². The SMILES string of the molecule is O=c1[nH]c(=O)n(C2OC(COP(=O)(O)O)C(O)C2F)cc1F. The monoisotopic (exact) mass is 344 g/mol. The topological polar surface area (TPSA) is 151 Å². The number of nitrogens with one attached hydrogen (secondary N) is 1. The van der Waals surface area contributed by atoms with Crippen LogP contribution in [0.4, 0.5) is 8.78 Å². The molecule has 2 rings (SSSR count). The molecule has 0 amide bonds. The molecule has 13 heteroatoms. The minimum atomic E-state index is -4.87. The lowest BCUT2D eigenvalue weighted by atomic mass is 10.1. The number of aromatic nitrogens is 2. The zero-order valence-electron chi connectivity index (χ0n) is 10.6. The van der Waals surface area contributed by atoms with Crippen LogP contribution in [-0.2, 0) is 13.8 Å². The van der Waals surface area contributed by atoms with Crippen LogP contribution in [0.3, 0.4) is 0 Å². The first-order valence-electron chi connectivity index (χ1n) is 5.79. The van der Waals surface area contributed by atoms with Gasteiger partial charge in [-0.25, -0.2) is 13.8 Å². The molecule has 0 saturated carbocycles. The molecule has 1 saturated heterocycles. The highest BCUT2D eigenvalue weighted by molar-refractivity contribution is 7.46. The predicted octanol–water partition coefficient (Wildman–Crippen LogP) is -1.62. The average molecular weight is 344 g/mol. The van der Waals surface area contributed by atoms with Crippen LogP contribution in [0.1, 0.15) is 6.23 Å². The van der Waals surface area contributed by atoms with Crippen molar-refractivity contribution in [2.75, 3.05) is 6.61 Å². The van der Waals surface area contributed by atoms with E-state index in [9.17, 15) is 28.0 Å². The predicted molar refractivity (Wildman–Crippen MR) is 64.1 cm³/mol. The summed E-state index contributed by atoms with van der Waals surface area (Å²) in [5.41, 5.74) is -2.49. The number of phosphoric ester groups is 1. The van der Waals surface area contributed by atoms with Gasteiger partial charge in [0.2, 0.25) is 5.82 Å². The Hall–Kier alpha value is -1.43. The number of hydrogen-bond donors (Lipinski definition) is 4. The lowest BCUT2D eigenvalue weighted by molar-refractivity contribution is -0.0486. The molecule has 4 unspecified atom stereocenters. The van der Waals surface area contributed by atoms with Gasteiger partial charge in [-0.05, 0) is 0 Å². The van der Waals surface area contributed by atoms with Gasteiger partial charge in [-0.15, -0.1) is 0 Å². The van der Waals surface area contributed by atoms with Crippen molar-refractivity contribution in [2.24, 2.45) is 0 Å². The molecule has 0 spiro atoms. The van der Waals surface area contributed by atoms with Gasteiger partial charge in [0.15, 0.2) is 12.4 Å². The third kappa shape index (κ3) is 3.48. The molecule has 10 nitrogen and oxygen atoms in total. The molecule has 4 atom stereocenters. The van der Waals surface area contributed by atoms with Gasteiger partial charge in [0.25, 0.3) is 5.56 Å². The molecule has 1 fully saturated rings. The zero-order chi connectivity index (χ0) is 16.7. The number of phosphoric acid groups is 1. The minimum absolute atomic E-state index is 0.377. The molecule has 2 heterocycles. The Kier molecular flexibility index (Phi) is 4.61. The maximum atomic E-state index is 14.0. The van der Waals surface area contributed by atoms with Crippen molar-refractivity contribution in [3.63, 3.8) is 0 Å². The van der Waals surface area contributed by atoms with Gasteiger partial charge in [0.05, 0.1) is 12.8 Å².